The van der Waals surface area contributed by atoms with E-state index in [2.05, 4.69) is 0 Å². The number of carboxylic acid groups (broad SMARTS) is 1. The van der Waals surface area contributed by atoms with Gasteiger partial charge in [0.2, 0.25) is 5.91 Å². The molecule has 21 heavy (non-hydrogen) atoms. The molecule has 0 aliphatic carbocycles. The zero-order chi connectivity index (χ0) is 15.4. The third-order valence-electron chi connectivity index (χ3n) is 3.72. The molecule has 2 rings (SSSR count). The first-order valence-electron chi connectivity index (χ1n) is 6.72. The number of ether oxygens (including phenoxy) is 1. The molecule has 114 valence electrons. The second kappa shape index (κ2) is 6.53. The minimum Gasteiger partial charge on any atom is -0.481 e. The highest BCUT2D eigenvalue weighted by Crippen LogP contribution is 2.19. The Kier molecular flexibility index (Phi) is 4.74. The number of aromatic nitrogens is 1. The van der Waals surface area contributed by atoms with E-state index in [0.717, 1.165) is 0 Å². The number of nitrogens with zero attached hydrogens (tertiary/aromatic N) is 2. The van der Waals surface area contributed by atoms with E-state index in [-0.39, 0.29) is 37.6 Å². The smallest absolute Gasteiger partial charge is 0.311 e. The van der Waals surface area contributed by atoms with Crippen LogP contribution in [-0.4, -0.2) is 52.8 Å². The molecule has 0 aromatic carbocycles. The second-order valence-electron chi connectivity index (χ2n) is 5.04. The minimum absolute atomic E-state index is 0.121. The normalized spacial score (nSPS) is 21.2. The van der Waals surface area contributed by atoms with Gasteiger partial charge in [0.05, 0.1) is 19.3 Å². The summed E-state index contributed by atoms with van der Waals surface area (Å²) in [6, 6.07) is 4.34. The third kappa shape index (κ3) is 3.49. The molecule has 2 unspecified atom stereocenters. The quantitative estimate of drug-likeness (QED) is 0.812. The summed E-state index contributed by atoms with van der Waals surface area (Å²) >= 11 is 0. The summed E-state index contributed by atoms with van der Waals surface area (Å²) in [5.41, 5.74) is -0.166. The Hall–Kier alpha value is -2.15. The van der Waals surface area contributed by atoms with E-state index in [1.807, 2.05) is 0 Å². The number of pyridine rings is 1. The first-order valence-corrected chi connectivity index (χ1v) is 6.72. The number of aryl methyl sites for hydroxylation is 1. The molecule has 1 N–H and O–H groups in total. The molecule has 0 spiro atoms. The number of hydrogen-bond donors (Lipinski definition) is 1. The summed E-state index contributed by atoms with van der Waals surface area (Å²) < 4.78 is 6.60. The molecule has 1 saturated heterocycles. The van der Waals surface area contributed by atoms with Gasteiger partial charge < -0.3 is 19.3 Å². The van der Waals surface area contributed by atoms with Crippen molar-refractivity contribution in [3.05, 3.63) is 34.7 Å². The molecule has 1 amide bonds. The van der Waals surface area contributed by atoms with Gasteiger partial charge in [0, 0.05) is 32.3 Å². The molecule has 7 heteroatoms. The Morgan fingerprint density at radius 1 is 1.43 bits per heavy atom. The van der Waals surface area contributed by atoms with Crippen LogP contribution in [0.3, 0.4) is 0 Å². The van der Waals surface area contributed by atoms with Crippen molar-refractivity contribution >= 4 is 11.9 Å². The van der Waals surface area contributed by atoms with Gasteiger partial charge in [-0.05, 0) is 6.07 Å². The SMILES string of the molecule is CN(C(=O)CCn1ccccc1=O)C1COCC1C(=O)O. The highest BCUT2D eigenvalue weighted by molar-refractivity contribution is 5.78. The molecule has 0 saturated carbocycles. The lowest BCUT2D eigenvalue weighted by molar-refractivity contribution is -0.144. The predicted molar refractivity (Wildman–Crippen MR) is 73.8 cm³/mol. The number of hydrogen-bond acceptors (Lipinski definition) is 4. The molecule has 7 nitrogen and oxygen atoms in total. The maximum Gasteiger partial charge on any atom is 0.311 e. The van der Waals surface area contributed by atoms with Crippen LogP contribution in [0.5, 0.6) is 0 Å². The molecular formula is C14H18N2O5. The van der Waals surface area contributed by atoms with Crippen LogP contribution in [-0.2, 0) is 20.9 Å². The minimum atomic E-state index is -0.962. The maximum absolute atomic E-state index is 12.1. The number of aliphatic carboxylic acids is 1. The van der Waals surface area contributed by atoms with Crippen molar-refractivity contribution in [1.82, 2.24) is 9.47 Å². The summed E-state index contributed by atoms with van der Waals surface area (Å²) in [5, 5.41) is 9.10. The van der Waals surface area contributed by atoms with Crippen LogP contribution in [0.4, 0.5) is 0 Å². The first kappa shape index (κ1) is 15.2. The Morgan fingerprint density at radius 2 is 2.19 bits per heavy atom. The van der Waals surface area contributed by atoms with Gasteiger partial charge in [-0.3, -0.25) is 14.4 Å². The van der Waals surface area contributed by atoms with E-state index in [9.17, 15) is 14.4 Å². The molecule has 2 atom stereocenters. The van der Waals surface area contributed by atoms with Gasteiger partial charge in [-0.2, -0.15) is 0 Å². The molecule has 1 aromatic rings. The molecule has 1 aliphatic heterocycles. The summed E-state index contributed by atoms with van der Waals surface area (Å²) in [4.78, 5) is 36.2. The zero-order valence-corrected chi connectivity index (χ0v) is 11.8. The fraction of sp³-hybridized carbons (Fsp3) is 0.500. The molecule has 2 heterocycles. The standard InChI is InChI=1S/C14H18N2O5/c1-15(11-9-21-8-10(11)14(19)20)12(17)5-7-16-6-3-2-4-13(16)18/h2-4,6,10-11H,5,7-9H2,1H3,(H,19,20). The lowest BCUT2D eigenvalue weighted by Crippen LogP contribution is -2.44. The van der Waals surface area contributed by atoms with Gasteiger partial charge in [-0.1, -0.05) is 6.07 Å². The van der Waals surface area contributed by atoms with Crippen LogP contribution in [0.2, 0.25) is 0 Å². The number of carbonyl (C=O) groups is 2. The molecule has 0 radical (unpaired) electrons. The fourth-order valence-electron chi connectivity index (χ4n) is 2.38. The van der Waals surface area contributed by atoms with Crippen molar-refractivity contribution in [1.29, 1.82) is 0 Å². The molecule has 0 bridgehead atoms. The van der Waals surface area contributed by atoms with Crippen LogP contribution < -0.4 is 5.56 Å². The van der Waals surface area contributed by atoms with Crippen molar-refractivity contribution in [3.63, 3.8) is 0 Å². The number of amides is 1. The van der Waals surface area contributed by atoms with E-state index in [4.69, 9.17) is 9.84 Å². The van der Waals surface area contributed by atoms with E-state index in [1.165, 1.54) is 15.5 Å². The summed E-state index contributed by atoms with van der Waals surface area (Å²) in [6.07, 6.45) is 1.76. The van der Waals surface area contributed by atoms with Crippen molar-refractivity contribution in [2.45, 2.75) is 19.0 Å². The van der Waals surface area contributed by atoms with E-state index < -0.39 is 17.9 Å². The highest BCUT2D eigenvalue weighted by atomic mass is 16.5. The number of carboxylic acids is 1. The van der Waals surface area contributed by atoms with Crippen LogP contribution in [0.25, 0.3) is 0 Å². The topological polar surface area (TPSA) is 88.8 Å². The van der Waals surface area contributed by atoms with Gasteiger partial charge in [0.15, 0.2) is 0 Å². The lowest BCUT2D eigenvalue weighted by Gasteiger charge is -2.26. The largest absolute Gasteiger partial charge is 0.481 e. The Bertz CT molecular complexity index is 583. The molecular weight excluding hydrogens is 276 g/mol. The molecule has 1 aromatic heterocycles. The summed E-state index contributed by atoms with van der Waals surface area (Å²) in [7, 11) is 1.57. The van der Waals surface area contributed by atoms with Gasteiger partial charge in [-0.25, -0.2) is 0 Å². The van der Waals surface area contributed by atoms with Gasteiger partial charge in [0.1, 0.15) is 5.92 Å². The Balaban J connectivity index is 1.95. The lowest BCUT2D eigenvalue weighted by atomic mass is 10.0. The van der Waals surface area contributed by atoms with E-state index in [1.54, 1.807) is 25.4 Å². The van der Waals surface area contributed by atoms with Gasteiger partial charge >= 0.3 is 5.97 Å². The van der Waals surface area contributed by atoms with Crippen LogP contribution >= 0.6 is 0 Å². The average Bonchev–Trinajstić information content (AvgIpc) is 2.95. The van der Waals surface area contributed by atoms with Crippen LogP contribution in [0, 0.1) is 5.92 Å². The highest BCUT2D eigenvalue weighted by Gasteiger charge is 2.38. The fourth-order valence-corrected chi connectivity index (χ4v) is 2.38. The second-order valence-corrected chi connectivity index (χ2v) is 5.04. The Labute approximate surface area is 121 Å². The summed E-state index contributed by atoms with van der Waals surface area (Å²) in [5.74, 6) is -1.86. The number of rotatable bonds is 5. The molecule has 1 fully saturated rings. The van der Waals surface area contributed by atoms with Crippen LogP contribution in [0.15, 0.2) is 29.2 Å². The average molecular weight is 294 g/mol. The zero-order valence-electron chi connectivity index (χ0n) is 11.8. The van der Waals surface area contributed by atoms with Crippen molar-refractivity contribution in [3.8, 4) is 0 Å². The van der Waals surface area contributed by atoms with E-state index in [0.29, 0.717) is 0 Å². The van der Waals surface area contributed by atoms with E-state index >= 15 is 0 Å². The molecule has 1 aliphatic rings. The Morgan fingerprint density at radius 3 is 2.86 bits per heavy atom. The maximum atomic E-state index is 12.1. The van der Waals surface area contributed by atoms with Gasteiger partial charge in [-0.15, -0.1) is 0 Å². The van der Waals surface area contributed by atoms with Crippen molar-refractivity contribution < 1.29 is 19.4 Å². The van der Waals surface area contributed by atoms with Crippen molar-refractivity contribution in [2.75, 3.05) is 20.3 Å². The summed E-state index contributed by atoms with van der Waals surface area (Å²) in [6.45, 7) is 0.619. The van der Waals surface area contributed by atoms with Gasteiger partial charge in [0.25, 0.3) is 5.56 Å². The number of carbonyl (C=O) groups excluding carboxylic acids is 1. The predicted octanol–water partition coefficient (Wildman–Crippen LogP) is -0.204. The number of likely N-dealkylation sites (N-methyl/N-ethyl adjacent to an activating group) is 1. The third-order valence-corrected chi connectivity index (χ3v) is 3.72. The monoisotopic (exact) mass is 294 g/mol. The first-order chi connectivity index (χ1) is 10.0. The van der Waals surface area contributed by atoms with Crippen LogP contribution in [0.1, 0.15) is 6.42 Å². The van der Waals surface area contributed by atoms with Crippen molar-refractivity contribution in [2.24, 2.45) is 5.92 Å².